The van der Waals surface area contributed by atoms with E-state index < -0.39 is 0 Å². The van der Waals surface area contributed by atoms with E-state index in [0.717, 1.165) is 39.6 Å². The van der Waals surface area contributed by atoms with E-state index in [9.17, 15) is 0 Å². The van der Waals surface area contributed by atoms with Crippen molar-refractivity contribution >= 4 is 21.8 Å². The third kappa shape index (κ3) is 2.45. The number of pyridine rings is 1. The Hall–Kier alpha value is -3.46. The van der Waals surface area contributed by atoms with Gasteiger partial charge in [0.2, 0.25) is 0 Å². The van der Waals surface area contributed by atoms with E-state index in [4.69, 9.17) is 5.10 Å². The van der Waals surface area contributed by atoms with Crippen LogP contribution >= 0.6 is 0 Å². The van der Waals surface area contributed by atoms with Gasteiger partial charge in [-0.15, -0.1) is 0 Å². The Kier molecular flexibility index (Phi) is 3.49. The molecular weight excluding hydrogens is 318 g/mol. The number of rotatable bonds is 3. The summed E-state index contributed by atoms with van der Waals surface area (Å²) in [7, 11) is 0. The normalized spacial score (nSPS) is 11.2. The number of hydrogen-bond donors (Lipinski definition) is 0. The molecule has 0 unspecified atom stereocenters. The molecule has 5 rings (SSSR count). The molecule has 2 heterocycles. The fraction of sp³-hybridized carbons (Fsp3) is 0.0435. The average molecular weight is 335 g/mol. The zero-order chi connectivity index (χ0) is 17.3. The topological polar surface area (TPSA) is 30.7 Å². The van der Waals surface area contributed by atoms with Crippen molar-refractivity contribution in [3.8, 4) is 11.3 Å². The van der Waals surface area contributed by atoms with Crippen LogP contribution in [0.5, 0.6) is 0 Å². The van der Waals surface area contributed by atoms with Crippen LogP contribution in [0.2, 0.25) is 0 Å². The first kappa shape index (κ1) is 14.8. The number of hydrogen-bond acceptors (Lipinski definition) is 2. The van der Waals surface area contributed by atoms with Gasteiger partial charge in [0.25, 0.3) is 0 Å². The van der Waals surface area contributed by atoms with Crippen LogP contribution in [0.3, 0.4) is 0 Å². The summed E-state index contributed by atoms with van der Waals surface area (Å²) in [6.45, 7) is 0.730. The molecule has 0 amide bonds. The van der Waals surface area contributed by atoms with Gasteiger partial charge in [-0.05, 0) is 11.6 Å². The van der Waals surface area contributed by atoms with Crippen LogP contribution in [0.25, 0.3) is 33.1 Å². The molecule has 0 aliphatic rings. The maximum Gasteiger partial charge on any atom is 0.104 e. The van der Waals surface area contributed by atoms with Gasteiger partial charge in [0.15, 0.2) is 0 Å². The molecule has 0 aliphatic heterocycles. The molecule has 26 heavy (non-hydrogen) atoms. The van der Waals surface area contributed by atoms with Gasteiger partial charge in [-0.1, -0.05) is 78.9 Å². The highest BCUT2D eigenvalue weighted by Crippen LogP contribution is 2.32. The minimum absolute atomic E-state index is 0.730. The molecule has 0 aliphatic carbocycles. The molecule has 3 aromatic carbocycles. The van der Waals surface area contributed by atoms with E-state index in [1.807, 2.05) is 36.5 Å². The molecule has 5 aromatic rings. The largest absolute Gasteiger partial charge is 0.259 e. The summed E-state index contributed by atoms with van der Waals surface area (Å²) in [6.07, 6.45) is 1.95. The van der Waals surface area contributed by atoms with E-state index in [1.165, 1.54) is 5.56 Å². The predicted octanol–water partition coefficient (Wildman–Crippen LogP) is 5.30. The average Bonchev–Trinajstić information content (AvgIpc) is 3.08. The molecule has 0 spiro atoms. The summed E-state index contributed by atoms with van der Waals surface area (Å²) in [5.74, 6) is 0. The standard InChI is InChI=1S/C23H17N3/c1-3-9-17(10-4-1)16-26-23(18-11-5-2-6-12-18)20-15-24-21-14-8-7-13-19(21)22(20)25-26/h1-15H,16H2. The minimum atomic E-state index is 0.730. The molecule has 0 bridgehead atoms. The quantitative estimate of drug-likeness (QED) is 0.448. The number of fused-ring (bicyclic) bond motifs is 3. The molecule has 0 saturated carbocycles. The van der Waals surface area contributed by atoms with Crippen molar-refractivity contribution in [1.82, 2.24) is 14.8 Å². The third-order valence-electron chi connectivity index (χ3n) is 4.70. The SMILES string of the molecule is c1ccc(Cn2nc3c(cnc4ccccc43)c2-c2ccccc2)cc1. The zero-order valence-corrected chi connectivity index (χ0v) is 14.2. The van der Waals surface area contributed by atoms with Crippen molar-refractivity contribution in [1.29, 1.82) is 0 Å². The van der Waals surface area contributed by atoms with Gasteiger partial charge in [-0.25, -0.2) is 0 Å². The van der Waals surface area contributed by atoms with Gasteiger partial charge in [0.05, 0.1) is 17.8 Å². The van der Waals surface area contributed by atoms with Crippen molar-refractivity contribution in [2.75, 3.05) is 0 Å². The lowest BCUT2D eigenvalue weighted by Crippen LogP contribution is -2.03. The van der Waals surface area contributed by atoms with Gasteiger partial charge in [0, 0.05) is 22.5 Å². The number of aromatic nitrogens is 3. The van der Waals surface area contributed by atoms with Gasteiger partial charge in [0.1, 0.15) is 5.52 Å². The smallest absolute Gasteiger partial charge is 0.104 e. The van der Waals surface area contributed by atoms with E-state index in [-0.39, 0.29) is 0 Å². The number of benzene rings is 3. The van der Waals surface area contributed by atoms with Crippen molar-refractivity contribution in [2.24, 2.45) is 0 Å². The fourth-order valence-corrected chi connectivity index (χ4v) is 3.49. The molecule has 0 fully saturated rings. The molecule has 3 nitrogen and oxygen atoms in total. The van der Waals surface area contributed by atoms with Crippen LogP contribution in [0.15, 0.2) is 91.1 Å². The lowest BCUT2D eigenvalue weighted by molar-refractivity contribution is 0.704. The molecule has 124 valence electrons. The van der Waals surface area contributed by atoms with Crippen LogP contribution in [0.1, 0.15) is 5.56 Å². The predicted molar refractivity (Wildman–Crippen MR) is 106 cm³/mol. The Morgan fingerprint density at radius 3 is 2.19 bits per heavy atom. The van der Waals surface area contributed by atoms with Crippen molar-refractivity contribution in [3.05, 3.63) is 96.7 Å². The summed E-state index contributed by atoms with van der Waals surface area (Å²) < 4.78 is 2.10. The maximum atomic E-state index is 4.99. The highest BCUT2D eigenvalue weighted by molar-refractivity contribution is 6.07. The Labute approximate surface area is 151 Å². The summed E-state index contributed by atoms with van der Waals surface area (Å²) in [6, 6.07) is 29.1. The van der Waals surface area contributed by atoms with E-state index in [2.05, 4.69) is 64.3 Å². The summed E-state index contributed by atoms with van der Waals surface area (Å²) in [5, 5.41) is 7.17. The molecular formula is C23H17N3. The molecule has 2 aromatic heterocycles. The summed E-state index contributed by atoms with van der Waals surface area (Å²) in [4.78, 5) is 4.66. The van der Waals surface area contributed by atoms with Crippen molar-refractivity contribution in [3.63, 3.8) is 0 Å². The molecule has 0 radical (unpaired) electrons. The first-order chi connectivity index (χ1) is 12.9. The van der Waals surface area contributed by atoms with E-state index >= 15 is 0 Å². The Balaban J connectivity index is 1.80. The minimum Gasteiger partial charge on any atom is -0.259 e. The molecule has 0 saturated heterocycles. The summed E-state index contributed by atoms with van der Waals surface area (Å²) >= 11 is 0. The third-order valence-corrected chi connectivity index (χ3v) is 4.70. The van der Waals surface area contributed by atoms with Crippen LogP contribution < -0.4 is 0 Å². The van der Waals surface area contributed by atoms with Gasteiger partial charge in [-0.2, -0.15) is 5.10 Å². The monoisotopic (exact) mass is 335 g/mol. The van der Waals surface area contributed by atoms with Crippen LogP contribution in [0.4, 0.5) is 0 Å². The number of nitrogens with zero attached hydrogens (tertiary/aromatic N) is 3. The van der Waals surface area contributed by atoms with E-state index in [1.54, 1.807) is 0 Å². The highest BCUT2D eigenvalue weighted by atomic mass is 15.3. The first-order valence-electron chi connectivity index (χ1n) is 8.74. The second-order valence-electron chi connectivity index (χ2n) is 6.40. The summed E-state index contributed by atoms with van der Waals surface area (Å²) in [5.41, 5.74) is 5.48. The fourth-order valence-electron chi connectivity index (χ4n) is 3.49. The maximum absolute atomic E-state index is 4.99. The van der Waals surface area contributed by atoms with Crippen molar-refractivity contribution < 1.29 is 0 Å². The Morgan fingerprint density at radius 2 is 1.38 bits per heavy atom. The lowest BCUT2D eigenvalue weighted by atomic mass is 10.1. The number of para-hydroxylation sites is 1. The van der Waals surface area contributed by atoms with E-state index in [0.29, 0.717) is 0 Å². The lowest BCUT2D eigenvalue weighted by Gasteiger charge is -2.08. The molecule has 0 N–H and O–H groups in total. The Bertz CT molecular complexity index is 1190. The van der Waals surface area contributed by atoms with Gasteiger partial charge < -0.3 is 0 Å². The van der Waals surface area contributed by atoms with Crippen LogP contribution in [-0.4, -0.2) is 14.8 Å². The molecule has 0 atom stereocenters. The Morgan fingerprint density at radius 1 is 0.692 bits per heavy atom. The van der Waals surface area contributed by atoms with Gasteiger partial charge in [-0.3, -0.25) is 9.67 Å². The van der Waals surface area contributed by atoms with Gasteiger partial charge >= 0.3 is 0 Å². The second kappa shape index (κ2) is 6.12. The van der Waals surface area contributed by atoms with Crippen molar-refractivity contribution in [2.45, 2.75) is 6.54 Å². The highest BCUT2D eigenvalue weighted by Gasteiger charge is 2.16. The molecule has 3 heteroatoms. The second-order valence-corrected chi connectivity index (χ2v) is 6.40. The van der Waals surface area contributed by atoms with Crippen LogP contribution in [0, 0.1) is 0 Å². The van der Waals surface area contributed by atoms with Crippen LogP contribution in [-0.2, 0) is 6.54 Å². The first-order valence-corrected chi connectivity index (χ1v) is 8.74. The zero-order valence-electron chi connectivity index (χ0n) is 14.2.